The van der Waals surface area contributed by atoms with Gasteiger partial charge < -0.3 is 4.98 Å². The van der Waals surface area contributed by atoms with Crippen LogP contribution < -0.4 is 4.72 Å². The Morgan fingerprint density at radius 2 is 1.46 bits per heavy atom. The maximum atomic E-state index is 13.1. The molecule has 4 rings (SSSR count). The molecule has 2 N–H and O–H groups in total. The smallest absolute Gasteiger partial charge is 0.241 e. The predicted octanol–water partition coefficient (Wildman–Crippen LogP) is 4.85. The van der Waals surface area contributed by atoms with E-state index in [1.807, 2.05) is 68.4 Å². The molecule has 5 heteroatoms. The first-order valence-corrected chi connectivity index (χ1v) is 10.7. The zero-order valence-corrected chi connectivity index (χ0v) is 16.6. The third-order valence-corrected chi connectivity index (χ3v) is 6.47. The number of nitrogens with one attached hydrogen (secondary N) is 2. The number of hydrogen-bond acceptors (Lipinski definition) is 2. The molecule has 4 nitrogen and oxygen atoms in total. The molecular weight excluding hydrogens is 368 g/mol. The van der Waals surface area contributed by atoms with Crippen LogP contribution in [0.3, 0.4) is 0 Å². The van der Waals surface area contributed by atoms with Gasteiger partial charge in [-0.15, -0.1) is 0 Å². The van der Waals surface area contributed by atoms with E-state index in [-0.39, 0.29) is 4.90 Å². The van der Waals surface area contributed by atoms with Crippen molar-refractivity contribution in [2.45, 2.75) is 24.8 Å². The Bertz CT molecular complexity index is 1210. The van der Waals surface area contributed by atoms with Crippen LogP contribution in [0.5, 0.6) is 0 Å². The minimum absolute atomic E-state index is 0.257. The predicted molar refractivity (Wildman–Crippen MR) is 113 cm³/mol. The van der Waals surface area contributed by atoms with Crippen molar-refractivity contribution >= 4 is 20.9 Å². The van der Waals surface area contributed by atoms with E-state index >= 15 is 0 Å². The van der Waals surface area contributed by atoms with Crippen LogP contribution in [0.1, 0.15) is 28.4 Å². The highest BCUT2D eigenvalue weighted by Gasteiger charge is 2.26. The minimum Gasteiger partial charge on any atom is -0.357 e. The van der Waals surface area contributed by atoms with E-state index in [9.17, 15) is 8.42 Å². The third kappa shape index (κ3) is 3.46. The summed E-state index contributed by atoms with van der Waals surface area (Å²) in [5.74, 6) is 0. The maximum absolute atomic E-state index is 13.1. The Morgan fingerprint density at radius 3 is 2.14 bits per heavy atom. The molecule has 4 aromatic rings. The van der Waals surface area contributed by atoms with Gasteiger partial charge in [0.05, 0.1) is 10.9 Å². The number of aryl methyl sites for hydroxylation is 2. The Hall–Kier alpha value is -2.89. The van der Waals surface area contributed by atoms with Crippen molar-refractivity contribution in [1.29, 1.82) is 0 Å². The Kier molecular flexibility index (Phi) is 4.79. The molecule has 0 spiro atoms. The number of aromatic amines is 1. The lowest BCUT2D eigenvalue weighted by Crippen LogP contribution is -2.30. The zero-order valence-electron chi connectivity index (χ0n) is 15.8. The van der Waals surface area contributed by atoms with E-state index < -0.39 is 16.1 Å². The van der Waals surface area contributed by atoms with E-state index in [4.69, 9.17) is 0 Å². The minimum atomic E-state index is -3.70. The van der Waals surface area contributed by atoms with Gasteiger partial charge in [0, 0.05) is 16.6 Å². The van der Waals surface area contributed by atoms with Crippen LogP contribution in [-0.4, -0.2) is 13.4 Å². The van der Waals surface area contributed by atoms with Crippen molar-refractivity contribution in [2.24, 2.45) is 0 Å². The van der Waals surface area contributed by atoms with E-state index in [1.54, 1.807) is 24.3 Å². The summed E-state index contributed by atoms with van der Waals surface area (Å²) in [6.07, 6.45) is 0. The first-order chi connectivity index (χ1) is 13.5. The number of rotatable bonds is 5. The van der Waals surface area contributed by atoms with Crippen molar-refractivity contribution in [2.75, 3.05) is 0 Å². The first kappa shape index (κ1) is 18.5. The molecule has 0 amide bonds. The summed E-state index contributed by atoms with van der Waals surface area (Å²) in [5, 5.41) is 1.09. The van der Waals surface area contributed by atoms with E-state index in [1.165, 1.54) is 0 Å². The molecule has 0 saturated carbocycles. The van der Waals surface area contributed by atoms with Crippen LogP contribution in [0.2, 0.25) is 0 Å². The highest BCUT2D eigenvalue weighted by Crippen LogP contribution is 2.31. The average Bonchev–Trinajstić information content (AvgIpc) is 3.04. The normalized spacial score (nSPS) is 12.9. The first-order valence-electron chi connectivity index (χ1n) is 9.17. The van der Waals surface area contributed by atoms with Crippen LogP contribution in [-0.2, 0) is 10.0 Å². The number of para-hydroxylation sites is 1. The SMILES string of the molecule is Cc1ccc(S(=O)(=O)NC(c2ccccc2)c2[nH]c3ccccc3c2C)cc1. The summed E-state index contributed by atoms with van der Waals surface area (Å²) in [6, 6.07) is 24.0. The quantitative estimate of drug-likeness (QED) is 0.511. The van der Waals surface area contributed by atoms with Gasteiger partial charge in [0.2, 0.25) is 10.0 Å². The van der Waals surface area contributed by atoms with Crippen molar-refractivity contribution in [3.8, 4) is 0 Å². The number of hydrogen-bond donors (Lipinski definition) is 2. The van der Waals surface area contributed by atoms with Gasteiger partial charge in [0.1, 0.15) is 0 Å². The third-order valence-electron chi connectivity index (χ3n) is 5.03. The molecule has 28 heavy (non-hydrogen) atoms. The van der Waals surface area contributed by atoms with Crippen molar-refractivity contribution < 1.29 is 8.42 Å². The second kappa shape index (κ2) is 7.26. The molecule has 1 unspecified atom stereocenters. The van der Waals surface area contributed by atoms with Crippen molar-refractivity contribution in [3.05, 3.63) is 101 Å². The summed E-state index contributed by atoms with van der Waals surface area (Å²) in [6.45, 7) is 3.95. The van der Waals surface area contributed by atoms with E-state index in [0.29, 0.717) is 0 Å². The molecule has 1 aromatic heterocycles. The molecule has 0 saturated heterocycles. The van der Waals surface area contributed by atoms with Crippen molar-refractivity contribution in [1.82, 2.24) is 9.71 Å². The molecule has 3 aromatic carbocycles. The summed E-state index contributed by atoms with van der Waals surface area (Å²) >= 11 is 0. The van der Waals surface area contributed by atoms with Gasteiger partial charge in [0.15, 0.2) is 0 Å². The second-order valence-corrected chi connectivity index (χ2v) is 8.70. The molecule has 1 atom stereocenters. The van der Waals surface area contributed by atoms with Gasteiger partial charge in [-0.25, -0.2) is 8.42 Å². The lowest BCUT2D eigenvalue weighted by Gasteiger charge is -2.20. The van der Waals surface area contributed by atoms with Gasteiger partial charge in [0.25, 0.3) is 0 Å². The summed E-state index contributed by atoms with van der Waals surface area (Å²) < 4.78 is 29.1. The maximum Gasteiger partial charge on any atom is 0.241 e. The van der Waals surface area contributed by atoms with E-state index in [0.717, 1.165) is 33.3 Å². The average molecular weight is 391 g/mol. The highest BCUT2D eigenvalue weighted by atomic mass is 32.2. The number of benzene rings is 3. The molecule has 0 aliphatic carbocycles. The highest BCUT2D eigenvalue weighted by molar-refractivity contribution is 7.89. The van der Waals surface area contributed by atoms with Gasteiger partial charge in [-0.3, -0.25) is 0 Å². The lowest BCUT2D eigenvalue weighted by atomic mass is 10.0. The largest absolute Gasteiger partial charge is 0.357 e. The Labute approximate surface area is 165 Å². The molecule has 0 radical (unpaired) electrons. The van der Waals surface area contributed by atoms with Gasteiger partial charge >= 0.3 is 0 Å². The van der Waals surface area contributed by atoms with Crippen LogP contribution in [0.4, 0.5) is 0 Å². The standard InChI is InChI=1S/C23H22N2O2S/c1-16-12-14-19(15-13-16)28(26,27)25-23(18-8-4-3-5-9-18)22-17(2)20-10-6-7-11-21(20)24-22/h3-15,23-25H,1-2H3. The summed E-state index contributed by atoms with van der Waals surface area (Å²) in [4.78, 5) is 3.68. The van der Waals surface area contributed by atoms with Gasteiger partial charge in [-0.1, -0.05) is 66.2 Å². The molecule has 0 fully saturated rings. The summed E-state index contributed by atoms with van der Waals surface area (Å²) in [7, 11) is -3.70. The van der Waals surface area contributed by atoms with Crippen LogP contribution in [0, 0.1) is 13.8 Å². The summed E-state index contributed by atoms with van der Waals surface area (Å²) in [5.41, 5.74) is 4.78. The van der Waals surface area contributed by atoms with Crippen LogP contribution in [0.25, 0.3) is 10.9 Å². The Balaban J connectivity index is 1.82. The van der Waals surface area contributed by atoms with Gasteiger partial charge in [-0.05, 0) is 43.2 Å². The van der Waals surface area contributed by atoms with Crippen LogP contribution in [0.15, 0.2) is 83.8 Å². The molecule has 0 bridgehead atoms. The number of H-pyrrole nitrogens is 1. The molecule has 0 aliphatic rings. The van der Waals surface area contributed by atoms with E-state index in [2.05, 4.69) is 9.71 Å². The fourth-order valence-electron chi connectivity index (χ4n) is 3.47. The zero-order chi connectivity index (χ0) is 19.7. The second-order valence-electron chi connectivity index (χ2n) is 6.99. The lowest BCUT2D eigenvalue weighted by molar-refractivity contribution is 0.570. The fraction of sp³-hybridized carbons (Fsp3) is 0.130. The molecule has 142 valence electrons. The van der Waals surface area contributed by atoms with Crippen molar-refractivity contribution in [3.63, 3.8) is 0 Å². The molecular formula is C23H22N2O2S. The number of aromatic nitrogens is 1. The van der Waals surface area contributed by atoms with Gasteiger partial charge in [-0.2, -0.15) is 4.72 Å². The monoisotopic (exact) mass is 390 g/mol. The molecule has 0 aliphatic heterocycles. The van der Waals surface area contributed by atoms with Crippen LogP contribution >= 0.6 is 0 Å². The number of sulfonamides is 1. The Morgan fingerprint density at radius 1 is 0.821 bits per heavy atom. The fourth-order valence-corrected chi connectivity index (χ4v) is 4.67. The topological polar surface area (TPSA) is 62.0 Å². The number of fused-ring (bicyclic) bond motifs is 1. The molecule has 1 heterocycles.